The van der Waals surface area contributed by atoms with Crippen LogP contribution in [0.3, 0.4) is 0 Å². The molecule has 1 fully saturated rings. The first-order valence-corrected chi connectivity index (χ1v) is 8.71. The largest absolute Gasteiger partial charge is 0.314 e. The van der Waals surface area contributed by atoms with E-state index in [1.807, 2.05) is 6.07 Å². The molecule has 3 unspecified atom stereocenters. The summed E-state index contributed by atoms with van der Waals surface area (Å²) in [5, 5.41) is 3.63. The van der Waals surface area contributed by atoms with Gasteiger partial charge in [-0.1, -0.05) is 38.8 Å². The molecule has 0 saturated heterocycles. The van der Waals surface area contributed by atoms with Gasteiger partial charge >= 0.3 is 0 Å². The molecule has 1 aromatic rings. The lowest BCUT2D eigenvalue weighted by molar-refractivity contribution is 0.182. The number of rotatable bonds is 5. The Labute approximate surface area is 126 Å². The zero-order valence-corrected chi connectivity index (χ0v) is 13.9. The minimum absolute atomic E-state index is 0.594. The van der Waals surface area contributed by atoms with Crippen LogP contribution in [0.4, 0.5) is 0 Å². The summed E-state index contributed by atoms with van der Waals surface area (Å²) < 4.78 is 0.927. The van der Waals surface area contributed by atoms with Gasteiger partial charge < -0.3 is 5.32 Å². The van der Waals surface area contributed by atoms with Crippen LogP contribution < -0.4 is 5.32 Å². The predicted molar refractivity (Wildman–Crippen MR) is 86.2 cm³/mol. The first kappa shape index (κ1) is 15.3. The summed E-state index contributed by atoms with van der Waals surface area (Å²) >= 11 is 7.81. The summed E-state index contributed by atoms with van der Waals surface area (Å²) in [6.45, 7) is 8.05. The van der Waals surface area contributed by atoms with E-state index in [-0.39, 0.29) is 0 Å². The van der Waals surface area contributed by atoms with Gasteiger partial charge in [-0.05, 0) is 55.7 Å². The highest BCUT2D eigenvalue weighted by Gasteiger charge is 2.28. The zero-order chi connectivity index (χ0) is 13.8. The van der Waals surface area contributed by atoms with Crippen LogP contribution in [0.5, 0.6) is 0 Å². The Morgan fingerprint density at radius 3 is 2.74 bits per heavy atom. The van der Waals surface area contributed by atoms with Crippen molar-refractivity contribution in [2.45, 2.75) is 52.5 Å². The highest BCUT2D eigenvalue weighted by Crippen LogP contribution is 2.37. The highest BCUT2D eigenvalue weighted by atomic mass is 35.5. The van der Waals surface area contributed by atoms with Crippen molar-refractivity contribution >= 4 is 22.9 Å². The van der Waals surface area contributed by atoms with E-state index in [9.17, 15) is 0 Å². The first-order valence-electron chi connectivity index (χ1n) is 7.52. The number of hydrogen-bond donors (Lipinski definition) is 1. The van der Waals surface area contributed by atoms with Crippen LogP contribution >= 0.6 is 22.9 Å². The lowest BCUT2D eigenvalue weighted by Gasteiger charge is -2.35. The van der Waals surface area contributed by atoms with Crippen LogP contribution in [0.25, 0.3) is 0 Å². The summed E-state index contributed by atoms with van der Waals surface area (Å²) in [7, 11) is 0. The standard InChI is InChI=1S/C16H26ClNS/c1-11(2)18-10-13-5-4-12(3)8-14(13)9-15-6-7-16(17)19-15/h6-7,11-14,18H,4-5,8-10H2,1-3H3. The van der Waals surface area contributed by atoms with E-state index < -0.39 is 0 Å². The molecule has 1 aliphatic rings. The third-order valence-electron chi connectivity index (χ3n) is 4.28. The molecule has 3 atom stereocenters. The van der Waals surface area contributed by atoms with Crippen LogP contribution in [-0.4, -0.2) is 12.6 Å². The number of halogens is 1. The number of thiophene rings is 1. The molecule has 0 aromatic carbocycles. The van der Waals surface area contributed by atoms with Crippen molar-refractivity contribution in [1.82, 2.24) is 5.32 Å². The van der Waals surface area contributed by atoms with Crippen molar-refractivity contribution < 1.29 is 0 Å². The third kappa shape index (κ3) is 4.77. The minimum Gasteiger partial charge on any atom is -0.314 e. The molecule has 0 radical (unpaired) electrons. The maximum atomic E-state index is 6.05. The summed E-state index contributed by atoms with van der Waals surface area (Å²) in [6.07, 6.45) is 5.36. The minimum atomic E-state index is 0.594. The van der Waals surface area contributed by atoms with E-state index in [1.165, 1.54) is 37.1 Å². The topological polar surface area (TPSA) is 12.0 Å². The SMILES string of the molecule is CC1CCC(CNC(C)C)C(Cc2ccc(Cl)s2)C1. The first-order chi connectivity index (χ1) is 9.04. The lowest BCUT2D eigenvalue weighted by atomic mass is 9.73. The fraction of sp³-hybridized carbons (Fsp3) is 0.750. The third-order valence-corrected chi connectivity index (χ3v) is 5.54. The molecule has 0 amide bonds. The lowest BCUT2D eigenvalue weighted by Crippen LogP contribution is -2.36. The second-order valence-corrected chi connectivity index (χ2v) is 8.21. The van der Waals surface area contributed by atoms with Crippen LogP contribution in [0, 0.1) is 17.8 Å². The van der Waals surface area contributed by atoms with Gasteiger partial charge in [0.25, 0.3) is 0 Å². The fourth-order valence-corrected chi connectivity index (χ4v) is 4.37. The summed E-state index contributed by atoms with van der Waals surface area (Å²) in [5.41, 5.74) is 0. The van der Waals surface area contributed by atoms with Gasteiger partial charge in [0, 0.05) is 10.9 Å². The average Bonchev–Trinajstić information content (AvgIpc) is 2.73. The molecular weight excluding hydrogens is 274 g/mol. The molecule has 2 rings (SSSR count). The summed E-state index contributed by atoms with van der Waals surface area (Å²) in [5.74, 6) is 2.54. The van der Waals surface area contributed by atoms with Crippen molar-refractivity contribution in [3.8, 4) is 0 Å². The Morgan fingerprint density at radius 2 is 2.11 bits per heavy atom. The maximum Gasteiger partial charge on any atom is 0.0931 e. The second kappa shape index (κ2) is 7.10. The Bertz CT molecular complexity index is 388. The quantitative estimate of drug-likeness (QED) is 0.807. The highest BCUT2D eigenvalue weighted by molar-refractivity contribution is 7.16. The van der Waals surface area contributed by atoms with Crippen LogP contribution in [0.1, 0.15) is 44.9 Å². The molecule has 1 nitrogen and oxygen atoms in total. The maximum absolute atomic E-state index is 6.05. The normalized spacial score (nSPS) is 27.9. The van der Waals surface area contributed by atoms with Gasteiger partial charge in [0.05, 0.1) is 4.34 Å². The Morgan fingerprint density at radius 1 is 1.32 bits per heavy atom. The van der Waals surface area contributed by atoms with Gasteiger partial charge in [0.15, 0.2) is 0 Å². The van der Waals surface area contributed by atoms with E-state index in [4.69, 9.17) is 11.6 Å². The van der Waals surface area contributed by atoms with E-state index in [1.54, 1.807) is 11.3 Å². The smallest absolute Gasteiger partial charge is 0.0931 e. The Kier molecular flexibility index (Phi) is 5.73. The van der Waals surface area contributed by atoms with Crippen LogP contribution in [-0.2, 0) is 6.42 Å². The fourth-order valence-electron chi connectivity index (χ4n) is 3.19. The van der Waals surface area contributed by atoms with Gasteiger partial charge in [-0.15, -0.1) is 11.3 Å². The van der Waals surface area contributed by atoms with Gasteiger partial charge in [-0.3, -0.25) is 0 Å². The molecule has 1 aromatic heterocycles. The van der Waals surface area contributed by atoms with Gasteiger partial charge in [-0.25, -0.2) is 0 Å². The van der Waals surface area contributed by atoms with Gasteiger partial charge in [0.1, 0.15) is 0 Å². The van der Waals surface area contributed by atoms with Crippen molar-refractivity contribution in [2.75, 3.05) is 6.54 Å². The Balaban J connectivity index is 1.95. The van der Waals surface area contributed by atoms with Crippen molar-refractivity contribution in [3.63, 3.8) is 0 Å². The number of nitrogens with one attached hydrogen (secondary N) is 1. The molecule has 1 aliphatic carbocycles. The molecular formula is C16H26ClNS. The molecule has 3 heteroatoms. The number of hydrogen-bond acceptors (Lipinski definition) is 2. The van der Waals surface area contributed by atoms with E-state index in [2.05, 4.69) is 32.2 Å². The van der Waals surface area contributed by atoms with Crippen molar-refractivity contribution in [2.24, 2.45) is 17.8 Å². The van der Waals surface area contributed by atoms with Crippen molar-refractivity contribution in [3.05, 3.63) is 21.3 Å². The molecule has 0 bridgehead atoms. The Hall–Kier alpha value is -0.0500. The zero-order valence-electron chi connectivity index (χ0n) is 12.3. The molecule has 1 heterocycles. The molecule has 0 spiro atoms. The molecule has 0 aliphatic heterocycles. The molecule has 1 N–H and O–H groups in total. The summed E-state index contributed by atoms with van der Waals surface area (Å²) in [4.78, 5) is 1.46. The van der Waals surface area contributed by atoms with E-state index >= 15 is 0 Å². The molecule has 19 heavy (non-hydrogen) atoms. The van der Waals surface area contributed by atoms with Gasteiger partial charge in [-0.2, -0.15) is 0 Å². The predicted octanol–water partition coefficient (Wildman–Crippen LogP) is 4.99. The van der Waals surface area contributed by atoms with Crippen LogP contribution in [0.2, 0.25) is 4.34 Å². The molecule has 108 valence electrons. The second-order valence-electron chi connectivity index (χ2n) is 6.41. The monoisotopic (exact) mass is 299 g/mol. The summed E-state index contributed by atoms with van der Waals surface area (Å²) in [6, 6.07) is 4.84. The molecule has 1 saturated carbocycles. The van der Waals surface area contributed by atoms with Gasteiger partial charge in [0.2, 0.25) is 0 Å². The van der Waals surface area contributed by atoms with Crippen molar-refractivity contribution in [1.29, 1.82) is 0 Å². The van der Waals surface area contributed by atoms with E-state index in [0.717, 1.165) is 22.1 Å². The van der Waals surface area contributed by atoms with Crippen LogP contribution in [0.15, 0.2) is 12.1 Å². The average molecular weight is 300 g/mol. The van der Waals surface area contributed by atoms with E-state index in [0.29, 0.717) is 6.04 Å².